The Morgan fingerprint density at radius 2 is 2.00 bits per heavy atom. The minimum Gasteiger partial charge on any atom is -0.389 e. The summed E-state index contributed by atoms with van der Waals surface area (Å²) in [4.78, 5) is 9.87. The number of anilines is 1. The lowest BCUT2D eigenvalue weighted by Crippen LogP contribution is -2.48. The summed E-state index contributed by atoms with van der Waals surface area (Å²) >= 11 is 5.18. The second kappa shape index (κ2) is 5.06. The summed E-state index contributed by atoms with van der Waals surface area (Å²) in [5.74, 6) is 0.961. The molecule has 19 heavy (non-hydrogen) atoms. The topological polar surface area (TPSA) is 45.4 Å². The fraction of sp³-hybridized carbons (Fsp3) is 0.571. The van der Waals surface area contributed by atoms with Crippen LogP contribution in [0.4, 0.5) is 5.82 Å². The third-order valence-electron chi connectivity index (χ3n) is 4.06. The van der Waals surface area contributed by atoms with Gasteiger partial charge in [-0.1, -0.05) is 12.2 Å². The highest BCUT2D eigenvalue weighted by Crippen LogP contribution is 2.29. The highest BCUT2D eigenvalue weighted by atomic mass is 32.1. The van der Waals surface area contributed by atoms with E-state index in [1.54, 1.807) is 0 Å². The Hall–Kier alpha value is -1.20. The number of aryl methyl sites for hydroxylation is 1. The predicted molar refractivity (Wildman–Crippen MR) is 81.7 cm³/mol. The van der Waals surface area contributed by atoms with Gasteiger partial charge in [-0.2, -0.15) is 0 Å². The highest BCUT2D eigenvalue weighted by Gasteiger charge is 2.32. The van der Waals surface area contributed by atoms with Gasteiger partial charge in [0.15, 0.2) is 0 Å². The molecule has 0 atom stereocenters. The summed E-state index contributed by atoms with van der Waals surface area (Å²) in [5, 5.41) is 0. The van der Waals surface area contributed by atoms with Gasteiger partial charge in [0, 0.05) is 38.4 Å². The summed E-state index contributed by atoms with van der Waals surface area (Å²) < 4.78 is 0. The number of hydrogen-bond donors (Lipinski definition) is 1. The average molecular weight is 276 g/mol. The van der Waals surface area contributed by atoms with E-state index in [9.17, 15) is 0 Å². The van der Waals surface area contributed by atoms with Gasteiger partial charge in [-0.05, 0) is 31.4 Å². The van der Waals surface area contributed by atoms with Gasteiger partial charge in [-0.3, -0.25) is 4.90 Å². The number of rotatable bonds is 3. The van der Waals surface area contributed by atoms with E-state index in [4.69, 9.17) is 18.0 Å². The van der Waals surface area contributed by atoms with Crippen LogP contribution in [0.1, 0.15) is 24.0 Å². The van der Waals surface area contributed by atoms with E-state index in [1.165, 1.54) is 12.8 Å². The van der Waals surface area contributed by atoms with E-state index < -0.39 is 0 Å². The minimum atomic E-state index is 0.449. The van der Waals surface area contributed by atoms with E-state index in [0.717, 1.165) is 49.2 Å². The zero-order chi connectivity index (χ0) is 13.4. The molecular formula is C14H20N4S. The number of nitrogens with two attached hydrogens (primary N) is 1. The Kier molecular flexibility index (Phi) is 3.41. The fourth-order valence-corrected chi connectivity index (χ4v) is 3.08. The number of aromatic nitrogens is 1. The van der Waals surface area contributed by atoms with Gasteiger partial charge in [0.05, 0.1) is 5.56 Å². The molecule has 0 aromatic carbocycles. The van der Waals surface area contributed by atoms with E-state index in [0.29, 0.717) is 4.99 Å². The molecule has 2 heterocycles. The molecule has 4 nitrogen and oxygen atoms in total. The third kappa shape index (κ3) is 2.58. The Morgan fingerprint density at radius 1 is 1.32 bits per heavy atom. The average Bonchev–Trinajstić information content (AvgIpc) is 3.22. The molecule has 1 aromatic rings. The number of piperazine rings is 1. The molecule has 1 aliphatic carbocycles. The summed E-state index contributed by atoms with van der Waals surface area (Å²) in [5.41, 5.74) is 7.92. The largest absolute Gasteiger partial charge is 0.389 e. The van der Waals surface area contributed by atoms with Crippen LogP contribution in [-0.4, -0.2) is 47.1 Å². The predicted octanol–water partition coefficient (Wildman–Crippen LogP) is 1.31. The zero-order valence-corrected chi connectivity index (χ0v) is 12.1. The second-order valence-electron chi connectivity index (χ2n) is 5.44. The standard InChI is InChI=1S/C14H20N4S/c1-10-4-5-16-14(12(10)13(15)19)18-8-6-17(7-9-18)11-2-3-11/h4-5,11H,2-3,6-9H2,1H3,(H2,15,19). The Labute approximate surface area is 119 Å². The monoisotopic (exact) mass is 276 g/mol. The van der Waals surface area contributed by atoms with Crippen LogP contribution in [0, 0.1) is 6.92 Å². The smallest absolute Gasteiger partial charge is 0.139 e. The van der Waals surface area contributed by atoms with Crippen LogP contribution in [0.2, 0.25) is 0 Å². The highest BCUT2D eigenvalue weighted by molar-refractivity contribution is 7.80. The van der Waals surface area contributed by atoms with Crippen molar-refractivity contribution in [2.45, 2.75) is 25.8 Å². The molecule has 2 N–H and O–H groups in total. The molecule has 0 radical (unpaired) electrons. The molecule has 1 aromatic heterocycles. The first-order valence-corrected chi connectivity index (χ1v) is 7.32. The third-order valence-corrected chi connectivity index (χ3v) is 4.27. The lowest BCUT2D eigenvalue weighted by Gasteiger charge is -2.36. The molecule has 0 unspecified atom stereocenters. The van der Waals surface area contributed by atoms with Crippen molar-refractivity contribution in [3.05, 3.63) is 23.4 Å². The zero-order valence-electron chi connectivity index (χ0n) is 11.3. The molecule has 1 saturated carbocycles. The summed E-state index contributed by atoms with van der Waals surface area (Å²) in [6.07, 6.45) is 4.60. The summed E-state index contributed by atoms with van der Waals surface area (Å²) in [6, 6.07) is 2.82. The van der Waals surface area contributed by atoms with Gasteiger partial charge in [-0.25, -0.2) is 4.98 Å². The first-order valence-electron chi connectivity index (χ1n) is 6.91. The number of pyridine rings is 1. The maximum Gasteiger partial charge on any atom is 0.139 e. The van der Waals surface area contributed by atoms with Gasteiger partial charge < -0.3 is 10.6 Å². The summed E-state index contributed by atoms with van der Waals surface area (Å²) in [7, 11) is 0. The van der Waals surface area contributed by atoms with Crippen LogP contribution in [0.15, 0.2) is 12.3 Å². The Morgan fingerprint density at radius 3 is 2.58 bits per heavy atom. The maximum absolute atomic E-state index is 5.86. The molecule has 3 rings (SSSR count). The van der Waals surface area contributed by atoms with Gasteiger partial charge in [0.2, 0.25) is 0 Å². The van der Waals surface area contributed by atoms with Crippen molar-refractivity contribution in [2.75, 3.05) is 31.1 Å². The van der Waals surface area contributed by atoms with Gasteiger partial charge in [-0.15, -0.1) is 0 Å². The normalized spacial score (nSPS) is 20.6. The maximum atomic E-state index is 5.86. The van der Waals surface area contributed by atoms with Crippen molar-refractivity contribution in [2.24, 2.45) is 5.73 Å². The lowest BCUT2D eigenvalue weighted by atomic mass is 10.1. The van der Waals surface area contributed by atoms with Gasteiger partial charge >= 0.3 is 0 Å². The minimum absolute atomic E-state index is 0.449. The van der Waals surface area contributed by atoms with Gasteiger partial charge in [0.1, 0.15) is 10.8 Å². The van der Waals surface area contributed by atoms with Crippen LogP contribution in [0.3, 0.4) is 0 Å². The lowest BCUT2D eigenvalue weighted by molar-refractivity contribution is 0.247. The van der Waals surface area contributed by atoms with Crippen molar-refractivity contribution < 1.29 is 0 Å². The number of thiocarbonyl (C=S) groups is 1. The molecule has 0 bridgehead atoms. The SMILES string of the molecule is Cc1ccnc(N2CCN(C3CC3)CC2)c1C(N)=S. The van der Waals surface area contributed by atoms with Crippen LogP contribution >= 0.6 is 12.2 Å². The van der Waals surface area contributed by atoms with E-state index in [1.807, 2.05) is 19.2 Å². The van der Waals surface area contributed by atoms with Crippen molar-refractivity contribution in [3.63, 3.8) is 0 Å². The van der Waals surface area contributed by atoms with Gasteiger partial charge in [0.25, 0.3) is 0 Å². The summed E-state index contributed by atoms with van der Waals surface area (Å²) in [6.45, 7) is 6.32. The number of nitrogens with zero attached hydrogens (tertiary/aromatic N) is 3. The first-order chi connectivity index (χ1) is 9.16. The Balaban J connectivity index is 1.79. The van der Waals surface area contributed by atoms with E-state index in [-0.39, 0.29) is 0 Å². The van der Waals surface area contributed by atoms with Crippen molar-refractivity contribution >= 4 is 23.0 Å². The molecule has 2 fully saturated rings. The van der Waals surface area contributed by atoms with E-state index >= 15 is 0 Å². The molecule has 102 valence electrons. The van der Waals surface area contributed by atoms with Crippen LogP contribution in [0.5, 0.6) is 0 Å². The van der Waals surface area contributed by atoms with Crippen LogP contribution < -0.4 is 10.6 Å². The van der Waals surface area contributed by atoms with Crippen molar-refractivity contribution in [1.29, 1.82) is 0 Å². The van der Waals surface area contributed by atoms with Crippen molar-refractivity contribution in [1.82, 2.24) is 9.88 Å². The quantitative estimate of drug-likeness (QED) is 0.843. The first kappa shape index (κ1) is 12.8. The molecule has 1 saturated heterocycles. The second-order valence-corrected chi connectivity index (χ2v) is 5.88. The molecule has 2 aliphatic rings. The van der Waals surface area contributed by atoms with E-state index in [2.05, 4.69) is 14.8 Å². The molecular weight excluding hydrogens is 256 g/mol. The molecule has 0 amide bonds. The Bertz CT molecular complexity index is 490. The van der Waals surface area contributed by atoms with Crippen molar-refractivity contribution in [3.8, 4) is 0 Å². The number of hydrogen-bond acceptors (Lipinski definition) is 4. The molecule has 0 spiro atoms. The fourth-order valence-electron chi connectivity index (χ4n) is 2.83. The van der Waals surface area contributed by atoms with Crippen LogP contribution in [-0.2, 0) is 0 Å². The van der Waals surface area contributed by atoms with Crippen LogP contribution in [0.25, 0.3) is 0 Å². The molecule has 5 heteroatoms. The molecule has 1 aliphatic heterocycles.